The lowest BCUT2D eigenvalue weighted by molar-refractivity contribution is -0.137. The predicted molar refractivity (Wildman–Crippen MR) is 95.7 cm³/mol. The zero-order chi connectivity index (χ0) is 20.5. The number of aromatic nitrogens is 4. The minimum Gasteiger partial charge on any atom is -0.320 e. The molecule has 3 rings (SSSR count). The Hall–Kier alpha value is -2.36. The summed E-state index contributed by atoms with van der Waals surface area (Å²) < 4.78 is 40.9. The van der Waals surface area contributed by atoms with Gasteiger partial charge in [0, 0.05) is 12.6 Å². The molecule has 0 radical (unpaired) electrons. The molecule has 0 aliphatic heterocycles. The molecule has 1 fully saturated rings. The van der Waals surface area contributed by atoms with Crippen molar-refractivity contribution in [2.45, 2.75) is 51.2 Å². The minimum absolute atomic E-state index is 0.0330. The Labute approximate surface area is 163 Å². The lowest BCUT2D eigenvalue weighted by Gasteiger charge is -2.32. The van der Waals surface area contributed by atoms with Crippen molar-refractivity contribution in [1.29, 1.82) is 0 Å². The number of benzene rings is 1. The summed E-state index contributed by atoms with van der Waals surface area (Å²) in [5.74, 6) is 0. The van der Waals surface area contributed by atoms with Crippen molar-refractivity contribution in [1.82, 2.24) is 24.7 Å². The quantitative estimate of drug-likeness (QED) is 0.713. The average molecular weight is 418 g/mol. The summed E-state index contributed by atoms with van der Waals surface area (Å²) in [5, 5.41) is 6.69. The molecule has 0 N–H and O–H groups in total. The molecule has 0 bridgehead atoms. The molecule has 0 spiro atoms. The first kappa shape index (κ1) is 20.4. The first-order valence-electron chi connectivity index (χ1n) is 8.97. The first-order valence-corrected chi connectivity index (χ1v) is 9.35. The highest BCUT2D eigenvalue weighted by Gasteiger charge is 2.36. The molecule has 1 aliphatic rings. The van der Waals surface area contributed by atoms with Gasteiger partial charge < -0.3 is 4.90 Å². The van der Waals surface area contributed by atoms with Gasteiger partial charge in [0.05, 0.1) is 10.6 Å². The molecule has 1 heterocycles. The van der Waals surface area contributed by atoms with Gasteiger partial charge in [-0.05, 0) is 42.3 Å². The number of hydrogen-bond acceptors (Lipinski definition) is 4. The third kappa shape index (κ3) is 3.78. The number of halogens is 4. The SMILES string of the molecule is CCN(C(=O)n1nnn(-c2c(Cl)cccc2C(F)(F)F)c1=O)C1CCCCC1. The number of alkyl halides is 3. The predicted octanol–water partition coefficient (Wildman–Crippen LogP) is 3.72. The number of para-hydroxylation sites is 1. The van der Waals surface area contributed by atoms with Crippen LogP contribution in [0.2, 0.25) is 5.02 Å². The van der Waals surface area contributed by atoms with Crippen LogP contribution < -0.4 is 5.69 Å². The molecule has 0 saturated heterocycles. The largest absolute Gasteiger partial charge is 0.418 e. The Bertz CT molecular complexity index is 918. The second-order valence-electron chi connectivity index (χ2n) is 6.58. The van der Waals surface area contributed by atoms with E-state index in [-0.39, 0.29) is 11.1 Å². The van der Waals surface area contributed by atoms with Crippen molar-refractivity contribution in [3.63, 3.8) is 0 Å². The molecule has 7 nitrogen and oxygen atoms in total. The third-order valence-electron chi connectivity index (χ3n) is 4.87. The lowest BCUT2D eigenvalue weighted by atomic mass is 9.94. The van der Waals surface area contributed by atoms with E-state index in [0.29, 0.717) is 15.9 Å². The van der Waals surface area contributed by atoms with Crippen LogP contribution in [0.25, 0.3) is 5.69 Å². The van der Waals surface area contributed by atoms with Gasteiger partial charge in [-0.3, -0.25) is 0 Å². The molecule has 0 unspecified atom stereocenters. The summed E-state index contributed by atoms with van der Waals surface area (Å²) in [6, 6.07) is 2.38. The Morgan fingerprint density at radius 1 is 1.25 bits per heavy atom. The van der Waals surface area contributed by atoms with E-state index in [1.54, 1.807) is 6.92 Å². The molecule has 1 aromatic heterocycles. The monoisotopic (exact) mass is 417 g/mol. The molecule has 0 atom stereocenters. The van der Waals surface area contributed by atoms with Gasteiger partial charge in [0.2, 0.25) is 0 Å². The zero-order valence-electron chi connectivity index (χ0n) is 15.1. The van der Waals surface area contributed by atoms with Crippen LogP contribution in [0.4, 0.5) is 18.0 Å². The molecule has 11 heteroatoms. The van der Waals surface area contributed by atoms with E-state index in [2.05, 4.69) is 10.4 Å². The van der Waals surface area contributed by atoms with Crippen molar-refractivity contribution in [2.24, 2.45) is 0 Å². The van der Waals surface area contributed by atoms with Crippen molar-refractivity contribution >= 4 is 17.6 Å². The van der Waals surface area contributed by atoms with E-state index >= 15 is 0 Å². The standard InChI is InChI=1S/C17H19ClF3N5O2/c1-2-24(11-7-4-3-5-8-11)15(27)26-16(28)25(22-23-26)14-12(17(19,20)21)9-6-10-13(14)18/h6,9-11H,2-5,7-8H2,1H3. The fourth-order valence-corrected chi connectivity index (χ4v) is 3.78. The normalized spacial score (nSPS) is 15.6. The molecular weight excluding hydrogens is 399 g/mol. The second-order valence-corrected chi connectivity index (χ2v) is 6.99. The molecule has 1 saturated carbocycles. The highest BCUT2D eigenvalue weighted by atomic mass is 35.5. The van der Waals surface area contributed by atoms with E-state index < -0.39 is 29.1 Å². The van der Waals surface area contributed by atoms with Crippen LogP contribution in [0.3, 0.4) is 0 Å². The Morgan fingerprint density at radius 3 is 2.54 bits per heavy atom. The van der Waals surface area contributed by atoms with Gasteiger partial charge >= 0.3 is 17.9 Å². The van der Waals surface area contributed by atoms with Crippen LogP contribution in [0.5, 0.6) is 0 Å². The zero-order valence-corrected chi connectivity index (χ0v) is 15.9. The molecule has 152 valence electrons. The fraction of sp³-hybridized carbons (Fsp3) is 0.529. The fourth-order valence-electron chi connectivity index (χ4n) is 3.53. The van der Waals surface area contributed by atoms with Crippen LogP contribution in [-0.4, -0.2) is 43.3 Å². The van der Waals surface area contributed by atoms with E-state index in [4.69, 9.17) is 11.6 Å². The minimum atomic E-state index is -4.76. The summed E-state index contributed by atoms with van der Waals surface area (Å²) in [7, 11) is 0. The molecular formula is C17H19ClF3N5O2. The number of hydrogen-bond donors (Lipinski definition) is 0. The highest BCUT2D eigenvalue weighted by Crippen LogP contribution is 2.36. The molecule has 2 aromatic rings. The van der Waals surface area contributed by atoms with Gasteiger partial charge in [0.15, 0.2) is 0 Å². The van der Waals surface area contributed by atoms with Crippen LogP contribution in [-0.2, 0) is 6.18 Å². The second kappa shape index (κ2) is 7.94. The van der Waals surface area contributed by atoms with E-state index in [1.807, 2.05) is 0 Å². The van der Waals surface area contributed by atoms with Crippen LogP contribution >= 0.6 is 11.6 Å². The Balaban J connectivity index is 2.02. The van der Waals surface area contributed by atoms with Crippen molar-refractivity contribution in [2.75, 3.05) is 6.54 Å². The summed E-state index contributed by atoms with van der Waals surface area (Å²) in [6.07, 6.45) is -0.0955. The maximum atomic E-state index is 13.3. The van der Waals surface area contributed by atoms with E-state index in [1.165, 1.54) is 11.0 Å². The Kier molecular flexibility index (Phi) is 5.78. The van der Waals surface area contributed by atoms with Gasteiger partial charge in [-0.25, -0.2) is 9.59 Å². The summed E-state index contributed by atoms with van der Waals surface area (Å²) >= 11 is 5.91. The van der Waals surface area contributed by atoms with Crippen molar-refractivity contribution in [3.8, 4) is 5.69 Å². The van der Waals surface area contributed by atoms with Crippen LogP contribution in [0.15, 0.2) is 23.0 Å². The summed E-state index contributed by atoms with van der Waals surface area (Å²) in [6.45, 7) is 2.13. The number of carbonyl (C=O) groups is 1. The van der Waals surface area contributed by atoms with Gasteiger partial charge in [0.1, 0.15) is 5.69 Å². The average Bonchev–Trinajstić information content (AvgIpc) is 3.03. The Morgan fingerprint density at radius 2 is 1.93 bits per heavy atom. The number of tetrazole rings is 1. The lowest BCUT2D eigenvalue weighted by Crippen LogP contribution is -2.47. The molecule has 1 aromatic carbocycles. The van der Waals surface area contributed by atoms with Gasteiger partial charge in [-0.15, -0.1) is 4.68 Å². The number of nitrogens with zero attached hydrogens (tertiary/aromatic N) is 5. The van der Waals surface area contributed by atoms with Crippen LogP contribution in [0, 0.1) is 0 Å². The van der Waals surface area contributed by atoms with Gasteiger partial charge in [-0.1, -0.05) is 36.9 Å². The summed E-state index contributed by atoms with van der Waals surface area (Å²) in [4.78, 5) is 27.0. The maximum absolute atomic E-state index is 13.3. The maximum Gasteiger partial charge on any atom is 0.418 e. The highest BCUT2D eigenvalue weighted by molar-refractivity contribution is 6.32. The molecule has 1 aliphatic carbocycles. The number of carbonyl (C=O) groups excluding carboxylic acids is 1. The first-order chi connectivity index (χ1) is 13.3. The van der Waals surface area contributed by atoms with E-state index in [9.17, 15) is 22.8 Å². The molecule has 28 heavy (non-hydrogen) atoms. The van der Waals surface area contributed by atoms with E-state index in [0.717, 1.165) is 44.2 Å². The van der Waals surface area contributed by atoms with Crippen molar-refractivity contribution < 1.29 is 18.0 Å². The van der Waals surface area contributed by atoms with Gasteiger partial charge in [0.25, 0.3) is 0 Å². The molecule has 1 amide bonds. The number of rotatable bonds is 3. The van der Waals surface area contributed by atoms with Crippen molar-refractivity contribution in [3.05, 3.63) is 39.3 Å². The third-order valence-corrected chi connectivity index (χ3v) is 5.17. The number of amides is 1. The summed E-state index contributed by atoms with van der Waals surface area (Å²) in [5.41, 5.74) is -2.89. The van der Waals surface area contributed by atoms with Crippen LogP contribution in [0.1, 0.15) is 44.6 Å². The smallest absolute Gasteiger partial charge is 0.320 e. The van der Waals surface area contributed by atoms with Gasteiger partial charge in [-0.2, -0.15) is 17.9 Å². The topological polar surface area (TPSA) is 73.0 Å².